The van der Waals surface area contributed by atoms with Gasteiger partial charge in [-0.2, -0.15) is 0 Å². The molecule has 1 fully saturated rings. The van der Waals surface area contributed by atoms with Crippen LogP contribution in [0, 0.1) is 19.8 Å². The molecule has 2 amide bonds. The van der Waals surface area contributed by atoms with Gasteiger partial charge in [-0.1, -0.05) is 12.1 Å². The third kappa shape index (κ3) is 4.59. The number of nitrogens with zero attached hydrogens (tertiary/aromatic N) is 3. The van der Waals surface area contributed by atoms with Gasteiger partial charge in [0.1, 0.15) is 0 Å². The van der Waals surface area contributed by atoms with Crippen LogP contribution >= 0.6 is 0 Å². The molecule has 28 heavy (non-hydrogen) atoms. The number of aromatic nitrogens is 2. The first-order valence-corrected chi connectivity index (χ1v) is 9.76. The Kier molecular flexibility index (Phi) is 6.14. The normalized spacial score (nSPS) is 17.5. The van der Waals surface area contributed by atoms with Gasteiger partial charge in [0.2, 0.25) is 17.8 Å². The van der Waals surface area contributed by atoms with E-state index in [4.69, 9.17) is 5.73 Å². The second-order valence-electron chi connectivity index (χ2n) is 7.67. The van der Waals surface area contributed by atoms with Crippen LogP contribution in [0.15, 0.2) is 24.4 Å². The molecule has 1 aromatic carbocycles. The van der Waals surface area contributed by atoms with Gasteiger partial charge in [0, 0.05) is 32.1 Å². The Hall–Kier alpha value is -2.67. The van der Waals surface area contributed by atoms with E-state index in [1.807, 2.05) is 11.6 Å². The molecule has 1 aromatic heterocycles. The van der Waals surface area contributed by atoms with Gasteiger partial charge in [-0.05, 0) is 50.4 Å². The maximum Gasteiger partial charge on any atom is 0.231 e. The van der Waals surface area contributed by atoms with Crippen LogP contribution in [0.1, 0.15) is 30.4 Å². The first-order valence-electron chi connectivity index (χ1n) is 9.76. The molecular weight excluding hydrogens is 354 g/mol. The number of anilines is 1. The maximum absolute atomic E-state index is 12.8. The van der Waals surface area contributed by atoms with E-state index in [1.165, 1.54) is 11.1 Å². The van der Waals surface area contributed by atoms with E-state index in [0.29, 0.717) is 25.5 Å². The van der Waals surface area contributed by atoms with Crippen molar-refractivity contribution in [3.8, 4) is 11.3 Å². The fraction of sp³-hybridized carbons (Fsp3) is 0.476. The first-order chi connectivity index (χ1) is 13.3. The van der Waals surface area contributed by atoms with E-state index in [9.17, 15) is 9.59 Å². The van der Waals surface area contributed by atoms with Crippen molar-refractivity contribution < 1.29 is 9.59 Å². The van der Waals surface area contributed by atoms with Crippen molar-refractivity contribution in [1.82, 2.24) is 14.5 Å². The number of carbonyl (C=O) groups excluding carboxylic acids is 2. The Bertz CT molecular complexity index is 874. The summed E-state index contributed by atoms with van der Waals surface area (Å²) in [5.41, 5.74) is 9.75. The molecule has 0 aliphatic carbocycles. The zero-order chi connectivity index (χ0) is 20.3. The molecule has 2 heterocycles. The molecular formula is C21H29N5O2. The third-order valence-electron chi connectivity index (χ3n) is 5.58. The van der Waals surface area contributed by atoms with Gasteiger partial charge in [-0.15, -0.1) is 0 Å². The Morgan fingerprint density at radius 2 is 2.07 bits per heavy atom. The van der Waals surface area contributed by atoms with Crippen LogP contribution in [-0.2, 0) is 16.6 Å². The van der Waals surface area contributed by atoms with Crippen LogP contribution in [0.5, 0.6) is 0 Å². The monoisotopic (exact) mass is 383 g/mol. The lowest BCUT2D eigenvalue weighted by molar-refractivity contribution is -0.121. The highest BCUT2D eigenvalue weighted by Gasteiger charge is 2.26. The number of hydrogen-bond acceptors (Lipinski definition) is 4. The number of hydrogen-bond donors (Lipinski definition) is 2. The summed E-state index contributed by atoms with van der Waals surface area (Å²) in [6, 6.07) is 6.30. The molecule has 150 valence electrons. The summed E-state index contributed by atoms with van der Waals surface area (Å²) in [5.74, 6) is 0.110. The smallest absolute Gasteiger partial charge is 0.231 e. The van der Waals surface area contributed by atoms with Crippen LogP contribution in [0.2, 0.25) is 0 Å². The SMILES string of the molecule is Cc1ccc(-c2cnc(NC(=O)[C@@H]3CCCN(CCC(N)=O)C3)n2C)cc1C. The zero-order valence-electron chi connectivity index (χ0n) is 16.9. The largest absolute Gasteiger partial charge is 0.370 e. The molecule has 1 atom stereocenters. The number of imidazole rings is 1. The Morgan fingerprint density at radius 3 is 2.79 bits per heavy atom. The minimum atomic E-state index is -0.307. The number of amides is 2. The third-order valence-corrected chi connectivity index (χ3v) is 5.58. The lowest BCUT2D eigenvalue weighted by Gasteiger charge is -2.31. The van der Waals surface area contributed by atoms with Crippen molar-refractivity contribution in [2.45, 2.75) is 33.1 Å². The molecule has 0 spiro atoms. The predicted molar refractivity (Wildman–Crippen MR) is 110 cm³/mol. The van der Waals surface area contributed by atoms with Crippen LogP contribution in [0.25, 0.3) is 11.3 Å². The van der Waals surface area contributed by atoms with Gasteiger partial charge < -0.3 is 15.2 Å². The van der Waals surface area contributed by atoms with Crippen LogP contribution in [-0.4, -0.2) is 45.9 Å². The second-order valence-corrected chi connectivity index (χ2v) is 7.67. The number of aryl methyl sites for hydroxylation is 2. The molecule has 1 saturated heterocycles. The van der Waals surface area contributed by atoms with Crippen molar-refractivity contribution in [2.75, 3.05) is 25.0 Å². The molecule has 1 aliphatic rings. The molecule has 7 nitrogen and oxygen atoms in total. The lowest BCUT2D eigenvalue weighted by Crippen LogP contribution is -2.42. The van der Waals surface area contributed by atoms with Crippen molar-refractivity contribution in [3.63, 3.8) is 0 Å². The molecule has 0 saturated carbocycles. The molecule has 0 radical (unpaired) electrons. The van der Waals surface area contributed by atoms with Crippen molar-refractivity contribution >= 4 is 17.8 Å². The lowest BCUT2D eigenvalue weighted by atomic mass is 9.97. The van der Waals surface area contributed by atoms with E-state index in [0.717, 1.165) is 30.6 Å². The van der Waals surface area contributed by atoms with Gasteiger partial charge in [-0.25, -0.2) is 4.98 Å². The van der Waals surface area contributed by atoms with E-state index in [-0.39, 0.29) is 17.7 Å². The molecule has 3 N–H and O–H groups in total. The number of likely N-dealkylation sites (tertiary alicyclic amines) is 1. The fourth-order valence-corrected chi connectivity index (χ4v) is 3.65. The summed E-state index contributed by atoms with van der Waals surface area (Å²) in [7, 11) is 1.91. The van der Waals surface area contributed by atoms with Gasteiger partial charge in [-0.3, -0.25) is 14.9 Å². The molecule has 0 unspecified atom stereocenters. The van der Waals surface area contributed by atoms with Gasteiger partial charge >= 0.3 is 0 Å². The second kappa shape index (κ2) is 8.56. The van der Waals surface area contributed by atoms with Crippen molar-refractivity contribution in [3.05, 3.63) is 35.5 Å². The molecule has 7 heteroatoms. The summed E-state index contributed by atoms with van der Waals surface area (Å²) in [4.78, 5) is 30.3. The van der Waals surface area contributed by atoms with Gasteiger partial charge in [0.15, 0.2) is 0 Å². The van der Waals surface area contributed by atoms with Crippen molar-refractivity contribution in [1.29, 1.82) is 0 Å². The highest BCUT2D eigenvalue weighted by molar-refractivity contribution is 5.91. The quantitative estimate of drug-likeness (QED) is 0.800. The summed E-state index contributed by atoms with van der Waals surface area (Å²) in [6.45, 7) is 6.33. The number of benzene rings is 1. The molecule has 1 aliphatic heterocycles. The summed E-state index contributed by atoms with van der Waals surface area (Å²) in [6.07, 6.45) is 3.89. The average Bonchev–Trinajstić information content (AvgIpc) is 3.03. The molecule has 2 aromatic rings. The topological polar surface area (TPSA) is 93.2 Å². The minimum Gasteiger partial charge on any atom is -0.370 e. The van der Waals surface area contributed by atoms with Crippen LogP contribution < -0.4 is 11.1 Å². The summed E-state index contributed by atoms with van der Waals surface area (Å²) in [5, 5.41) is 2.98. The average molecular weight is 383 g/mol. The van der Waals surface area contributed by atoms with E-state index in [2.05, 4.69) is 47.2 Å². The van der Waals surface area contributed by atoms with Crippen LogP contribution in [0.3, 0.4) is 0 Å². The zero-order valence-corrected chi connectivity index (χ0v) is 16.9. The van der Waals surface area contributed by atoms with Crippen molar-refractivity contribution in [2.24, 2.45) is 18.7 Å². The Balaban J connectivity index is 1.66. The maximum atomic E-state index is 12.8. The number of piperidine rings is 1. The number of nitrogens with two attached hydrogens (primary N) is 1. The van der Waals surface area contributed by atoms with E-state index < -0.39 is 0 Å². The minimum absolute atomic E-state index is 0.0240. The number of rotatable bonds is 6. The molecule has 3 rings (SSSR count). The Labute approximate surface area is 165 Å². The number of primary amides is 1. The van der Waals surface area contributed by atoms with E-state index >= 15 is 0 Å². The predicted octanol–water partition coefficient (Wildman–Crippen LogP) is 2.23. The molecule has 0 bridgehead atoms. The van der Waals surface area contributed by atoms with Crippen LogP contribution in [0.4, 0.5) is 5.95 Å². The highest BCUT2D eigenvalue weighted by Crippen LogP contribution is 2.25. The number of nitrogens with one attached hydrogen (secondary N) is 1. The summed E-state index contributed by atoms with van der Waals surface area (Å²) >= 11 is 0. The number of carbonyl (C=O) groups is 2. The standard InChI is InChI=1S/C21H29N5O2/c1-14-6-7-16(11-15(14)2)18-12-23-21(25(18)3)24-20(28)17-5-4-9-26(13-17)10-8-19(22)27/h6-7,11-12,17H,4-5,8-10,13H2,1-3H3,(H2,22,27)(H,23,24,28)/t17-/m1/s1. The first kappa shape index (κ1) is 20.1. The summed E-state index contributed by atoms with van der Waals surface area (Å²) < 4.78 is 1.91. The van der Waals surface area contributed by atoms with Gasteiger partial charge in [0.25, 0.3) is 0 Å². The fourth-order valence-electron chi connectivity index (χ4n) is 3.65. The van der Waals surface area contributed by atoms with E-state index in [1.54, 1.807) is 6.20 Å². The van der Waals surface area contributed by atoms with Gasteiger partial charge in [0.05, 0.1) is 17.8 Å². The Morgan fingerprint density at radius 1 is 1.29 bits per heavy atom. The highest BCUT2D eigenvalue weighted by atomic mass is 16.2.